The number of benzene rings is 2. The lowest BCUT2D eigenvalue weighted by Gasteiger charge is -2.20. The topological polar surface area (TPSA) is 20.3 Å². The highest BCUT2D eigenvalue weighted by Gasteiger charge is 2.06. The number of carbonyl (C=O) groups is 1. The molecule has 0 heterocycles. The maximum Gasteiger partial charge on any atom is 0.150 e. The Bertz CT molecular complexity index is 598. The Morgan fingerprint density at radius 3 is 2.58 bits per heavy atom. The molecule has 0 amide bonds. The minimum Gasteiger partial charge on any atom is -0.370 e. The molecule has 0 atom stereocenters. The van der Waals surface area contributed by atoms with Crippen molar-refractivity contribution in [3.8, 4) is 0 Å². The van der Waals surface area contributed by atoms with Crippen LogP contribution in [0.5, 0.6) is 0 Å². The monoisotopic (exact) mass is 261 g/mol. The average Bonchev–Trinajstić information content (AvgIpc) is 2.38. The highest BCUT2D eigenvalue weighted by molar-refractivity contribution is 5.77. The maximum atomic E-state index is 13.3. The predicted octanol–water partition coefficient (Wildman–Crippen LogP) is 3.41. The van der Waals surface area contributed by atoms with Gasteiger partial charge in [-0.25, -0.2) is 8.78 Å². The van der Waals surface area contributed by atoms with Crippen molar-refractivity contribution in [2.45, 2.75) is 6.54 Å². The minimum atomic E-state index is -0.467. The third kappa shape index (κ3) is 3.37. The fourth-order valence-corrected chi connectivity index (χ4v) is 1.89. The van der Waals surface area contributed by atoms with E-state index in [1.54, 1.807) is 30.1 Å². The Kier molecular flexibility index (Phi) is 3.90. The summed E-state index contributed by atoms with van der Waals surface area (Å²) in [7, 11) is 1.76. The molecule has 2 rings (SSSR count). The van der Waals surface area contributed by atoms with Crippen molar-refractivity contribution in [1.82, 2.24) is 0 Å². The van der Waals surface area contributed by atoms with Crippen molar-refractivity contribution >= 4 is 12.0 Å². The molecular weight excluding hydrogens is 248 g/mol. The number of rotatable bonds is 4. The van der Waals surface area contributed by atoms with E-state index in [0.29, 0.717) is 18.5 Å². The van der Waals surface area contributed by atoms with Gasteiger partial charge in [0.05, 0.1) is 0 Å². The molecule has 0 aliphatic carbocycles. The zero-order valence-corrected chi connectivity index (χ0v) is 10.4. The molecule has 0 aliphatic heterocycles. The Hall–Kier alpha value is -2.23. The molecule has 0 saturated carbocycles. The summed E-state index contributed by atoms with van der Waals surface area (Å²) in [4.78, 5) is 12.5. The first-order valence-corrected chi connectivity index (χ1v) is 5.80. The van der Waals surface area contributed by atoms with Crippen molar-refractivity contribution in [3.05, 3.63) is 65.2 Å². The van der Waals surface area contributed by atoms with Crippen LogP contribution in [0.1, 0.15) is 15.9 Å². The van der Waals surface area contributed by atoms with Crippen LogP contribution in [-0.2, 0) is 6.54 Å². The summed E-state index contributed by atoms with van der Waals surface area (Å²) in [6, 6.07) is 10.3. The minimum absolute atomic E-state index is 0.279. The molecule has 0 unspecified atom stereocenters. The van der Waals surface area contributed by atoms with Gasteiger partial charge in [-0.05, 0) is 35.9 Å². The molecule has 0 fully saturated rings. The smallest absolute Gasteiger partial charge is 0.150 e. The first-order valence-electron chi connectivity index (χ1n) is 5.80. The molecule has 0 bridgehead atoms. The standard InChI is InChI=1S/C15H13F2NO/c1-18(9-11-3-2-4-13(16)5-11)15-7-12(10-19)6-14(17)8-15/h2-8,10H,9H2,1H3. The molecule has 0 aliphatic rings. The van der Waals surface area contributed by atoms with Gasteiger partial charge in [0.1, 0.15) is 17.9 Å². The fourth-order valence-electron chi connectivity index (χ4n) is 1.89. The summed E-state index contributed by atoms with van der Waals surface area (Å²) in [5, 5.41) is 0. The Balaban J connectivity index is 2.22. The number of hydrogen-bond donors (Lipinski definition) is 0. The van der Waals surface area contributed by atoms with Crippen molar-refractivity contribution < 1.29 is 13.6 Å². The number of anilines is 1. The third-order valence-electron chi connectivity index (χ3n) is 2.79. The lowest BCUT2D eigenvalue weighted by Crippen LogP contribution is -2.16. The molecule has 19 heavy (non-hydrogen) atoms. The van der Waals surface area contributed by atoms with Crippen LogP contribution in [0.4, 0.5) is 14.5 Å². The molecule has 0 N–H and O–H groups in total. The van der Waals surface area contributed by atoms with E-state index in [-0.39, 0.29) is 11.4 Å². The molecule has 0 saturated heterocycles. The highest BCUT2D eigenvalue weighted by atomic mass is 19.1. The molecule has 98 valence electrons. The molecule has 2 nitrogen and oxygen atoms in total. The quantitative estimate of drug-likeness (QED) is 0.786. The van der Waals surface area contributed by atoms with E-state index in [1.807, 2.05) is 0 Å². The van der Waals surface area contributed by atoms with E-state index >= 15 is 0 Å². The van der Waals surface area contributed by atoms with Gasteiger partial charge in [-0.1, -0.05) is 12.1 Å². The summed E-state index contributed by atoms with van der Waals surface area (Å²) in [6.07, 6.45) is 0.600. The molecule has 4 heteroatoms. The summed E-state index contributed by atoms with van der Waals surface area (Å²) in [5.41, 5.74) is 1.63. The van der Waals surface area contributed by atoms with Crippen LogP contribution in [-0.4, -0.2) is 13.3 Å². The van der Waals surface area contributed by atoms with Crippen molar-refractivity contribution in [2.24, 2.45) is 0 Å². The number of aldehydes is 1. The molecule has 0 radical (unpaired) electrons. The zero-order chi connectivity index (χ0) is 13.8. The SMILES string of the molecule is CN(Cc1cccc(F)c1)c1cc(F)cc(C=O)c1. The van der Waals surface area contributed by atoms with Gasteiger partial charge >= 0.3 is 0 Å². The Morgan fingerprint density at radius 2 is 1.89 bits per heavy atom. The second-order valence-electron chi connectivity index (χ2n) is 4.35. The van der Waals surface area contributed by atoms with Crippen molar-refractivity contribution in [2.75, 3.05) is 11.9 Å². The normalized spacial score (nSPS) is 10.3. The lowest BCUT2D eigenvalue weighted by atomic mass is 10.1. The van der Waals surface area contributed by atoms with Crippen LogP contribution >= 0.6 is 0 Å². The van der Waals surface area contributed by atoms with E-state index in [1.165, 1.54) is 24.3 Å². The molecule has 0 spiro atoms. The largest absolute Gasteiger partial charge is 0.370 e. The molecule has 2 aromatic rings. The maximum absolute atomic E-state index is 13.3. The number of halogens is 2. The molecular formula is C15H13F2NO. The average molecular weight is 261 g/mol. The first kappa shape index (κ1) is 13.2. The van der Waals surface area contributed by atoms with E-state index in [4.69, 9.17) is 0 Å². The van der Waals surface area contributed by atoms with Gasteiger partial charge in [-0.2, -0.15) is 0 Å². The van der Waals surface area contributed by atoms with Crippen LogP contribution < -0.4 is 4.90 Å². The van der Waals surface area contributed by atoms with E-state index in [0.717, 1.165) is 5.56 Å². The highest BCUT2D eigenvalue weighted by Crippen LogP contribution is 2.19. The van der Waals surface area contributed by atoms with Gasteiger partial charge < -0.3 is 4.90 Å². The Labute approximate surface area is 110 Å². The summed E-state index contributed by atoms with van der Waals surface area (Å²) < 4.78 is 26.4. The van der Waals surface area contributed by atoms with Crippen molar-refractivity contribution in [1.29, 1.82) is 0 Å². The first-order chi connectivity index (χ1) is 9.08. The van der Waals surface area contributed by atoms with Gasteiger partial charge in [0.25, 0.3) is 0 Å². The predicted molar refractivity (Wildman–Crippen MR) is 70.3 cm³/mol. The van der Waals surface area contributed by atoms with Crippen LogP contribution in [0.15, 0.2) is 42.5 Å². The van der Waals surface area contributed by atoms with Gasteiger partial charge in [0.15, 0.2) is 0 Å². The number of hydrogen-bond acceptors (Lipinski definition) is 2. The van der Waals surface area contributed by atoms with Crippen LogP contribution in [0.2, 0.25) is 0 Å². The number of nitrogens with zero attached hydrogens (tertiary/aromatic N) is 1. The van der Waals surface area contributed by atoms with Crippen LogP contribution in [0, 0.1) is 11.6 Å². The number of carbonyl (C=O) groups excluding carboxylic acids is 1. The molecule has 0 aromatic heterocycles. The van der Waals surface area contributed by atoms with E-state index in [2.05, 4.69) is 0 Å². The van der Waals surface area contributed by atoms with Crippen LogP contribution in [0.3, 0.4) is 0 Å². The molecule has 2 aromatic carbocycles. The van der Waals surface area contributed by atoms with Crippen LogP contribution in [0.25, 0.3) is 0 Å². The lowest BCUT2D eigenvalue weighted by molar-refractivity contribution is 0.112. The zero-order valence-electron chi connectivity index (χ0n) is 10.4. The summed E-state index contributed by atoms with van der Waals surface area (Å²) in [5.74, 6) is -0.774. The van der Waals surface area contributed by atoms with E-state index < -0.39 is 5.82 Å². The van der Waals surface area contributed by atoms with Gasteiger partial charge in [0.2, 0.25) is 0 Å². The van der Waals surface area contributed by atoms with Crippen molar-refractivity contribution in [3.63, 3.8) is 0 Å². The third-order valence-corrected chi connectivity index (χ3v) is 2.79. The summed E-state index contributed by atoms with van der Waals surface area (Å²) in [6.45, 7) is 0.430. The van der Waals surface area contributed by atoms with Gasteiger partial charge in [-0.15, -0.1) is 0 Å². The fraction of sp³-hybridized carbons (Fsp3) is 0.133. The Morgan fingerprint density at radius 1 is 1.11 bits per heavy atom. The second kappa shape index (κ2) is 5.61. The van der Waals surface area contributed by atoms with Gasteiger partial charge in [0, 0.05) is 24.8 Å². The second-order valence-corrected chi connectivity index (χ2v) is 4.35. The summed E-state index contributed by atoms with van der Waals surface area (Å²) >= 11 is 0. The van der Waals surface area contributed by atoms with E-state index in [9.17, 15) is 13.6 Å². The van der Waals surface area contributed by atoms with Gasteiger partial charge in [-0.3, -0.25) is 4.79 Å².